The van der Waals surface area contributed by atoms with Crippen LogP contribution < -0.4 is 0 Å². The van der Waals surface area contributed by atoms with Crippen molar-refractivity contribution in [2.75, 3.05) is 4.43 Å². The highest BCUT2D eigenvalue weighted by molar-refractivity contribution is 14.1. The van der Waals surface area contributed by atoms with Crippen LogP contribution in [0.4, 0.5) is 0 Å². The molecule has 1 nitrogen and oxygen atoms in total. The van der Waals surface area contributed by atoms with E-state index in [9.17, 15) is 4.21 Å². The largest absolute Gasteiger partial charge is 0.249 e. The summed E-state index contributed by atoms with van der Waals surface area (Å²) in [6, 6.07) is 9.39. The monoisotopic (exact) mass is 292 g/mol. The zero-order valence-electron chi connectivity index (χ0n) is 6.50. The number of alkyl halides is 1. The van der Waals surface area contributed by atoms with Gasteiger partial charge in [-0.15, -0.1) is 0 Å². The predicted octanol–water partition coefficient (Wildman–Crippen LogP) is 2.74. The third kappa shape index (κ3) is 2.42. The summed E-state index contributed by atoms with van der Waals surface area (Å²) in [4.78, 5) is 1.60. The van der Waals surface area contributed by atoms with Crippen molar-refractivity contribution in [1.29, 1.82) is 0 Å². The van der Waals surface area contributed by atoms with Crippen molar-refractivity contribution >= 4 is 33.4 Å². The second kappa shape index (κ2) is 4.77. The van der Waals surface area contributed by atoms with Gasteiger partial charge in [-0.05, 0) is 12.1 Å². The maximum Gasteiger partial charge on any atom is 0.0810 e. The van der Waals surface area contributed by atoms with E-state index in [1.165, 1.54) is 0 Å². The van der Waals surface area contributed by atoms with E-state index in [1.54, 1.807) is 0 Å². The molecule has 0 saturated heterocycles. The van der Waals surface area contributed by atoms with Gasteiger partial charge in [0.25, 0.3) is 0 Å². The average molecular weight is 292 g/mol. The Kier molecular flexibility index (Phi) is 3.94. The molecule has 0 amide bonds. The SMILES string of the molecule is C=C(CI)S(=O)c1ccccc1. The maximum atomic E-state index is 11.6. The molecular formula is C9H9IOS. The van der Waals surface area contributed by atoms with E-state index >= 15 is 0 Å². The fourth-order valence-corrected chi connectivity index (χ4v) is 2.45. The predicted molar refractivity (Wildman–Crippen MR) is 60.9 cm³/mol. The van der Waals surface area contributed by atoms with Gasteiger partial charge in [-0.1, -0.05) is 47.4 Å². The fraction of sp³-hybridized carbons (Fsp3) is 0.111. The Bertz CT molecular complexity index is 295. The number of hydrogen-bond donors (Lipinski definition) is 0. The molecule has 0 aliphatic carbocycles. The van der Waals surface area contributed by atoms with Crippen molar-refractivity contribution in [3.8, 4) is 0 Å². The van der Waals surface area contributed by atoms with Crippen LogP contribution in [0.3, 0.4) is 0 Å². The molecule has 12 heavy (non-hydrogen) atoms. The van der Waals surface area contributed by atoms with E-state index in [4.69, 9.17) is 0 Å². The Morgan fingerprint density at radius 3 is 2.50 bits per heavy atom. The van der Waals surface area contributed by atoms with Crippen LogP contribution in [-0.2, 0) is 10.8 Å². The van der Waals surface area contributed by atoms with Gasteiger partial charge in [0, 0.05) is 14.2 Å². The third-order valence-corrected chi connectivity index (χ3v) is 4.18. The minimum Gasteiger partial charge on any atom is -0.249 e. The van der Waals surface area contributed by atoms with Crippen molar-refractivity contribution in [3.63, 3.8) is 0 Å². The molecule has 1 aromatic carbocycles. The van der Waals surface area contributed by atoms with Crippen molar-refractivity contribution in [1.82, 2.24) is 0 Å². The van der Waals surface area contributed by atoms with Crippen LogP contribution in [0.1, 0.15) is 0 Å². The third-order valence-electron chi connectivity index (χ3n) is 1.37. The van der Waals surface area contributed by atoms with E-state index in [0.29, 0.717) is 0 Å². The fourth-order valence-electron chi connectivity index (χ4n) is 0.760. The summed E-state index contributed by atoms with van der Waals surface area (Å²) < 4.78 is 12.3. The molecule has 0 spiro atoms. The van der Waals surface area contributed by atoms with Gasteiger partial charge in [0.1, 0.15) is 0 Å². The summed E-state index contributed by atoms with van der Waals surface area (Å²) in [7, 11) is -1.03. The van der Waals surface area contributed by atoms with E-state index in [-0.39, 0.29) is 0 Å². The molecular weight excluding hydrogens is 283 g/mol. The number of benzene rings is 1. The molecule has 64 valence electrons. The Balaban J connectivity index is 2.86. The van der Waals surface area contributed by atoms with E-state index in [1.807, 2.05) is 30.3 Å². The molecule has 0 N–H and O–H groups in total. The van der Waals surface area contributed by atoms with E-state index in [2.05, 4.69) is 29.2 Å². The minimum atomic E-state index is -1.03. The first-order valence-corrected chi connectivity index (χ1v) is 6.14. The molecule has 0 aliphatic heterocycles. The topological polar surface area (TPSA) is 17.1 Å². The molecule has 0 bridgehead atoms. The molecule has 0 saturated carbocycles. The molecule has 0 aliphatic rings. The van der Waals surface area contributed by atoms with Gasteiger partial charge < -0.3 is 0 Å². The Morgan fingerprint density at radius 2 is 2.00 bits per heavy atom. The van der Waals surface area contributed by atoms with Gasteiger partial charge in [0.2, 0.25) is 0 Å². The van der Waals surface area contributed by atoms with Crippen LogP contribution in [0.25, 0.3) is 0 Å². The molecule has 1 atom stereocenters. The van der Waals surface area contributed by atoms with Gasteiger partial charge in [-0.25, -0.2) is 4.21 Å². The first-order chi connectivity index (χ1) is 5.75. The lowest BCUT2D eigenvalue weighted by molar-refractivity contribution is 0.687. The number of halogens is 1. The quantitative estimate of drug-likeness (QED) is 0.618. The summed E-state index contributed by atoms with van der Waals surface area (Å²) >= 11 is 2.16. The summed E-state index contributed by atoms with van der Waals surface area (Å²) in [6.07, 6.45) is 0. The molecule has 3 heteroatoms. The zero-order chi connectivity index (χ0) is 8.97. The summed E-state index contributed by atoms with van der Waals surface area (Å²) in [6.45, 7) is 3.74. The van der Waals surface area contributed by atoms with Crippen LogP contribution in [0, 0.1) is 0 Å². The van der Waals surface area contributed by atoms with Crippen molar-refractivity contribution in [2.24, 2.45) is 0 Å². The normalized spacial score (nSPS) is 12.4. The van der Waals surface area contributed by atoms with Crippen LogP contribution in [0.2, 0.25) is 0 Å². The minimum absolute atomic E-state index is 0.735. The number of rotatable bonds is 3. The van der Waals surface area contributed by atoms with Crippen molar-refractivity contribution in [2.45, 2.75) is 4.90 Å². The lowest BCUT2D eigenvalue weighted by Gasteiger charge is -2.00. The molecule has 0 aromatic heterocycles. The smallest absolute Gasteiger partial charge is 0.0810 e. The van der Waals surface area contributed by atoms with Gasteiger partial charge >= 0.3 is 0 Å². The average Bonchev–Trinajstić information content (AvgIpc) is 2.17. The van der Waals surface area contributed by atoms with Gasteiger partial charge in [0.05, 0.1) is 10.8 Å². The summed E-state index contributed by atoms with van der Waals surface area (Å²) in [5, 5.41) is 0. The second-order valence-corrected chi connectivity index (χ2v) is 4.60. The first-order valence-electron chi connectivity index (χ1n) is 3.46. The molecule has 1 aromatic rings. The van der Waals surface area contributed by atoms with Crippen LogP contribution >= 0.6 is 22.6 Å². The van der Waals surface area contributed by atoms with Crippen LogP contribution in [0.5, 0.6) is 0 Å². The second-order valence-electron chi connectivity index (χ2n) is 2.25. The lowest BCUT2D eigenvalue weighted by Crippen LogP contribution is -1.94. The molecule has 1 rings (SSSR count). The standard InChI is InChI=1S/C9H9IOS/c1-8(7-10)12(11)9-5-3-2-4-6-9/h2-6H,1,7H2. The van der Waals surface area contributed by atoms with Gasteiger partial charge in [-0.3, -0.25) is 0 Å². The Hall–Kier alpha value is -0.160. The van der Waals surface area contributed by atoms with E-state index < -0.39 is 10.8 Å². The Morgan fingerprint density at radius 1 is 1.42 bits per heavy atom. The van der Waals surface area contributed by atoms with E-state index in [0.717, 1.165) is 14.2 Å². The molecule has 0 fully saturated rings. The van der Waals surface area contributed by atoms with Crippen LogP contribution in [-0.4, -0.2) is 8.64 Å². The lowest BCUT2D eigenvalue weighted by atomic mass is 10.4. The van der Waals surface area contributed by atoms with Gasteiger partial charge in [-0.2, -0.15) is 0 Å². The summed E-state index contributed by atoms with van der Waals surface area (Å²) in [5.74, 6) is 0. The van der Waals surface area contributed by atoms with Crippen molar-refractivity contribution < 1.29 is 4.21 Å². The number of hydrogen-bond acceptors (Lipinski definition) is 1. The van der Waals surface area contributed by atoms with Crippen LogP contribution in [0.15, 0.2) is 46.7 Å². The highest BCUT2D eigenvalue weighted by Crippen LogP contribution is 2.13. The Labute approximate surface area is 88.5 Å². The zero-order valence-corrected chi connectivity index (χ0v) is 9.47. The first kappa shape index (κ1) is 9.92. The molecule has 1 unspecified atom stereocenters. The van der Waals surface area contributed by atoms with Crippen molar-refractivity contribution in [3.05, 3.63) is 41.8 Å². The maximum absolute atomic E-state index is 11.6. The highest BCUT2D eigenvalue weighted by Gasteiger charge is 2.04. The summed E-state index contributed by atoms with van der Waals surface area (Å²) in [5.41, 5.74) is 0. The van der Waals surface area contributed by atoms with Gasteiger partial charge in [0.15, 0.2) is 0 Å². The molecule has 0 heterocycles. The molecule has 0 radical (unpaired) electrons. The highest BCUT2D eigenvalue weighted by atomic mass is 127. The number of allylic oxidation sites excluding steroid dienone is 1.